The summed E-state index contributed by atoms with van der Waals surface area (Å²) < 4.78 is 2.45. The predicted octanol–water partition coefficient (Wildman–Crippen LogP) is 4.50. The van der Waals surface area contributed by atoms with Crippen LogP contribution in [0.3, 0.4) is 0 Å². The molecule has 0 aliphatic rings. The van der Waals surface area contributed by atoms with Gasteiger partial charge < -0.3 is 0 Å². The van der Waals surface area contributed by atoms with Gasteiger partial charge in [0.25, 0.3) is 5.69 Å². The number of nitrogens with zero attached hydrogens (tertiary/aromatic N) is 4. The molecule has 0 bridgehead atoms. The summed E-state index contributed by atoms with van der Waals surface area (Å²) in [6.07, 6.45) is 0. The molecule has 0 radical (unpaired) electrons. The summed E-state index contributed by atoms with van der Waals surface area (Å²) >= 11 is 4.43. The summed E-state index contributed by atoms with van der Waals surface area (Å²) in [7, 11) is 0. The molecule has 0 amide bonds. The third-order valence-electron chi connectivity index (χ3n) is 2.79. The van der Waals surface area contributed by atoms with E-state index in [-0.39, 0.29) is 11.1 Å². The van der Waals surface area contributed by atoms with Gasteiger partial charge in [0.1, 0.15) is 5.01 Å². The van der Waals surface area contributed by atoms with Gasteiger partial charge in [-0.05, 0) is 17.8 Å². The number of aromatic nitrogens is 3. The molecular formula is C13H12N4O2S3. The Hall–Kier alpha value is -1.58. The molecule has 114 valence electrons. The van der Waals surface area contributed by atoms with Crippen molar-refractivity contribution < 1.29 is 4.92 Å². The van der Waals surface area contributed by atoms with Crippen molar-refractivity contribution in [2.45, 2.75) is 34.9 Å². The molecule has 0 saturated carbocycles. The molecule has 22 heavy (non-hydrogen) atoms. The van der Waals surface area contributed by atoms with Crippen LogP contribution in [0.25, 0.3) is 10.2 Å². The summed E-state index contributed by atoms with van der Waals surface area (Å²) in [6.45, 7) is 6.29. The summed E-state index contributed by atoms with van der Waals surface area (Å²) in [4.78, 5) is 14.9. The fourth-order valence-corrected chi connectivity index (χ4v) is 4.89. The van der Waals surface area contributed by atoms with E-state index in [0.717, 1.165) is 23.9 Å². The van der Waals surface area contributed by atoms with Gasteiger partial charge in [-0.15, -0.1) is 21.5 Å². The van der Waals surface area contributed by atoms with Crippen molar-refractivity contribution in [2.75, 3.05) is 0 Å². The maximum atomic E-state index is 10.8. The zero-order valence-electron chi connectivity index (χ0n) is 12.1. The van der Waals surface area contributed by atoms with Crippen LogP contribution in [0.1, 0.15) is 25.8 Å². The van der Waals surface area contributed by atoms with E-state index in [1.807, 2.05) is 0 Å². The van der Waals surface area contributed by atoms with Crippen LogP contribution in [0, 0.1) is 10.1 Å². The molecule has 1 aromatic carbocycles. The number of thiazole rings is 1. The van der Waals surface area contributed by atoms with Gasteiger partial charge in [0.15, 0.2) is 8.68 Å². The molecule has 0 aliphatic carbocycles. The van der Waals surface area contributed by atoms with Crippen LogP contribution in [0.5, 0.6) is 0 Å². The van der Waals surface area contributed by atoms with E-state index in [0.29, 0.717) is 0 Å². The smallest absolute Gasteiger partial charge is 0.258 e. The van der Waals surface area contributed by atoms with E-state index in [1.165, 1.54) is 29.2 Å². The van der Waals surface area contributed by atoms with Crippen molar-refractivity contribution in [3.63, 3.8) is 0 Å². The van der Waals surface area contributed by atoms with Crippen LogP contribution >= 0.6 is 34.4 Å². The Morgan fingerprint density at radius 1 is 1.18 bits per heavy atom. The Kier molecular flexibility index (Phi) is 3.87. The van der Waals surface area contributed by atoms with Crippen molar-refractivity contribution in [3.05, 3.63) is 33.3 Å². The first-order valence-corrected chi connectivity index (χ1v) is 8.85. The molecule has 0 unspecified atom stereocenters. The number of non-ortho nitro benzene ring substituents is 1. The van der Waals surface area contributed by atoms with Crippen LogP contribution in [0.2, 0.25) is 0 Å². The second-order valence-corrected chi connectivity index (χ2v) is 9.12. The molecule has 0 saturated heterocycles. The zero-order valence-corrected chi connectivity index (χ0v) is 14.5. The molecule has 6 nitrogen and oxygen atoms in total. The van der Waals surface area contributed by atoms with E-state index in [9.17, 15) is 10.1 Å². The van der Waals surface area contributed by atoms with Crippen molar-refractivity contribution in [1.29, 1.82) is 0 Å². The van der Waals surface area contributed by atoms with E-state index in [1.54, 1.807) is 23.5 Å². The molecule has 3 rings (SSSR count). The normalized spacial score (nSPS) is 12.0. The molecule has 3 aromatic rings. The summed E-state index contributed by atoms with van der Waals surface area (Å²) in [6, 6.07) is 4.70. The monoisotopic (exact) mass is 352 g/mol. The molecule has 0 fully saturated rings. The first-order chi connectivity index (χ1) is 10.3. The molecule has 0 N–H and O–H groups in total. The largest absolute Gasteiger partial charge is 0.270 e. The van der Waals surface area contributed by atoms with Crippen molar-refractivity contribution in [2.24, 2.45) is 0 Å². The first-order valence-electron chi connectivity index (χ1n) is 6.40. The molecule has 9 heteroatoms. The highest BCUT2D eigenvalue weighted by molar-refractivity contribution is 8.02. The van der Waals surface area contributed by atoms with Crippen LogP contribution in [-0.2, 0) is 5.41 Å². The Balaban J connectivity index is 1.88. The fraction of sp³-hybridized carbons (Fsp3) is 0.308. The average Bonchev–Trinajstić information content (AvgIpc) is 3.03. The summed E-state index contributed by atoms with van der Waals surface area (Å²) in [5.41, 5.74) is 0.822. The highest BCUT2D eigenvalue weighted by Gasteiger charge is 2.20. The Morgan fingerprint density at radius 2 is 1.95 bits per heavy atom. The molecular weight excluding hydrogens is 340 g/mol. The number of rotatable bonds is 3. The average molecular weight is 352 g/mol. The van der Waals surface area contributed by atoms with Gasteiger partial charge in [0.05, 0.1) is 15.1 Å². The van der Waals surface area contributed by atoms with E-state index >= 15 is 0 Å². The standard InChI is InChI=1S/C13H12N4O2S3/c1-13(2,3)10-15-16-12(21-10)22-11-14-8-5-4-7(17(18)19)6-9(8)20-11/h4-6H,1-3H3. The Morgan fingerprint density at radius 3 is 2.59 bits per heavy atom. The van der Waals surface area contributed by atoms with Gasteiger partial charge >= 0.3 is 0 Å². The third-order valence-corrected chi connectivity index (χ3v) is 6.26. The second kappa shape index (κ2) is 5.56. The Bertz CT molecular complexity index is 850. The van der Waals surface area contributed by atoms with E-state index in [2.05, 4.69) is 36.0 Å². The van der Waals surface area contributed by atoms with Crippen molar-refractivity contribution in [1.82, 2.24) is 15.2 Å². The van der Waals surface area contributed by atoms with Gasteiger partial charge in [-0.3, -0.25) is 10.1 Å². The summed E-state index contributed by atoms with van der Waals surface area (Å²) in [5, 5.41) is 20.2. The number of nitro groups is 1. The van der Waals surface area contributed by atoms with Gasteiger partial charge in [-0.1, -0.05) is 32.1 Å². The van der Waals surface area contributed by atoms with Crippen LogP contribution in [-0.4, -0.2) is 20.1 Å². The Labute approximate surface area is 138 Å². The third kappa shape index (κ3) is 3.11. The maximum absolute atomic E-state index is 10.8. The highest BCUT2D eigenvalue weighted by Crippen LogP contribution is 2.38. The van der Waals surface area contributed by atoms with Gasteiger partial charge in [-0.2, -0.15) is 0 Å². The lowest BCUT2D eigenvalue weighted by Crippen LogP contribution is -2.10. The minimum Gasteiger partial charge on any atom is -0.258 e. The number of hydrogen-bond donors (Lipinski definition) is 0. The van der Waals surface area contributed by atoms with Crippen molar-refractivity contribution in [3.8, 4) is 0 Å². The maximum Gasteiger partial charge on any atom is 0.270 e. The van der Waals surface area contributed by atoms with Crippen LogP contribution < -0.4 is 0 Å². The molecule has 2 heterocycles. The topological polar surface area (TPSA) is 81.8 Å². The second-order valence-electron chi connectivity index (χ2n) is 5.61. The molecule has 0 spiro atoms. The van der Waals surface area contributed by atoms with Gasteiger partial charge in [0.2, 0.25) is 0 Å². The number of hydrogen-bond acceptors (Lipinski definition) is 8. The predicted molar refractivity (Wildman–Crippen MR) is 89.0 cm³/mol. The highest BCUT2D eigenvalue weighted by atomic mass is 32.2. The molecule has 2 aromatic heterocycles. The van der Waals surface area contributed by atoms with Crippen molar-refractivity contribution >= 4 is 50.3 Å². The fourth-order valence-electron chi connectivity index (χ4n) is 1.68. The minimum atomic E-state index is -0.396. The lowest BCUT2D eigenvalue weighted by molar-refractivity contribution is -0.384. The number of nitro benzene ring substituents is 1. The lowest BCUT2D eigenvalue weighted by atomic mass is 9.98. The van der Waals surface area contributed by atoms with Gasteiger partial charge in [-0.25, -0.2) is 4.98 Å². The van der Waals surface area contributed by atoms with E-state index < -0.39 is 4.92 Å². The van der Waals surface area contributed by atoms with E-state index in [4.69, 9.17) is 0 Å². The quantitative estimate of drug-likeness (QED) is 0.510. The number of fused-ring (bicyclic) bond motifs is 1. The SMILES string of the molecule is CC(C)(C)c1nnc(Sc2nc3ccc([N+](=O)[O-])cc3s2)s1. The zero-order chi connectivity index (χ0) is 15.9. The number of benzene rings is 1. The minimum absolute atomic E-state index is 0.0231. The molecule has 0 atom stereocenters. The van der Waals surface area contributed by atoms with Crippen LogP contribution in [0.15, 0.2) is 26.9 Å². The lowest BCUT2D eigenvalue weighted by Gasteiger charge is -2.12. The summed E-state index contributed by atoms with van der Waals surface area (Å²) in [5.74, 6) is 0. The first kappa shape index (κ1) is 15.3. The van der Waals surface area contributed by atoms with Gasteiger partial charge in [0, 0.05) is 17.5 Å². The van der Waals surface area contributed by atoms with Crippen LogP contribution in [0.4, 0.5) is 5.69 Å². The molecule has 0 aliphatic heterocycles.